The van der Waals surface area contributed by atoms with Crippen LogP contribution < -0.4 is 0 Å². The van der Waals surface area contributed by atoms with E-state index in [1.54, 1.807) is 12.1 Å². The van der Waals surface area contributed by atoms with Crippen LogP contribution in [0.1, 0.15) is 76.2 Å². The molecule has 0 N–H and O–H groups in total. The zero-order valence-corrected chi connectivity index (χ0v) is 25.0. The number of piperidine rings is 1. The molecular formula is C33H50N2O3. The third-order valence-electron chi connectivity index (χ3n) is 6.44. The summed E-state index contributed by atoms with van der Waals surface area (Å²) >= 11 is 0. The van der Waals surface area contributed by atoms with Crippen LogP contribution in [0.2, 0.25) is 0 Å². The van der Waals surface area contributed by atoms with Crippen molar-refractivity contribution >= 4 is 11.9 Å². The Balaban J connectivity index is 0.000000763. The quantitative estimate of drug-likeness (QED) is 0.303. The molecule has 2 aliphatic rings. The highest BCUT2D eigenvalue weighted by atomic mass is 16.5. The number of amides is 1. The van der Waals surface area contributed by atoms with Crippen molar-refractivity contribution in [3.8, 4) is 12.8 Å². The van der Waals surface area contributed by atoms with E-state index < -0.39 is 0 Å². The zero-order valence-electron chi connectivity index (χ0n) is 25.0. The molecule has 3 rings (SSSR count). The van der Waals surface area contributed by atoms with Crippen LogP contribution >= 0.6 is 0 Å². The van der Waals surface area contributed by atoms with Gasteiger partial charge in [0.2, 0.25) is 0 Å². The molecule has 0 unspecified atom stereocenters. The van der Waals surface area contributed by atoms with Crippen molar-refractivity contribution in [3.05, 3.63) is 70.8 Å². The van der Waals surface area contributed by atoms with Gasteiger partial charge in [-0.3, -0.25) is 4.79 Å². The van der Waals surface area contributed by atoms with Crippen LogP contribution in [0, 0.1) is 25.7 Å². The summed E-state index contributed by atoms with van der Waals surface area (Å²) in [5, 5.41) is 0. The van der Waals surface area contributed by atoms with Crippen LogP contribution in [0.4, 0.5) is 0 Å². The normalized spacial score (nSPS) is 15.1. The molecule has 0 bridgehead atoms. The molecule has 0 spiro atoms. The highest BCUT2D eigenvalue weighted by Gasteiger charge is 2.26. The van der Waals surface area contributed by atoms with Gasteiger partial charge in [0.15, 0.2) is 0 Å². The van der Waals surface area contributed by atoms with Gasteiger partial charge in [0, 0.05) is 31.8 Å². The van der Waals surface area contributed by atoms with Crippen LogP contribution in [0.5, 0.6) is 0 Å². The number of likely N-dealkylation sites (tertiary alicyclic amines) is 1. The molecule has 1 fully saturated rings. The number of hydrogen-bond donors (Lipinski definition) is 0. The first-order chi connectivity index (χ1) is 18.2. The van der Waals surface area contributed by atoms with Crippen LogP contribution in [0.25, 0.3) is 0 Å². The summed E-state index contributed by atoms with van der Waals surface area (Å²) in [6.07, 6.45) is 20.5. The number of ether oxygens (including phenoxy) is 1. The van der Waals surface area contributed by atoms with Crippen molar-refractivity contribution in [1.29, 1.82) is 0 Å². The van der Waals surface area contributed by atoms with E-state index in [0.29, 0.717) is 11.6 Å². The summed E-state index contributed by atoms with van der Waals surface area (Å²) < 4.78 is 4.55. The maximum absolute atomic E-state index is 12.7. The fraction of sp³-hybridized carbons (Fsp3) is 0.515. The molecule has 5 nitrogen and oxygen atoms in total. The van der Waals surface area contributed by atoms with Crippen molar-refractivity contribution in [2.45, 2.75) is 73.3 Å². The maximum atomic E-state index is 12.7. The van der Waals surface area contributed by atoms with Gasteiger partial charge >= 0.3 is 5.97 Å². The van der Waals surface area contributed by atoms with Gasteiger partial charge in [0.05, 0.1) is 12.7 Å². The number of rotatable bonds is 6. The van der Waals surface area contributed by atoms with E-state index in [2.05, 4.69) is 49.3 Å². The first-order valence-electron chi connectivity index (χ1n) is 13.7. The van der Waals surface area contributed by atoms with Crippen LogP contribution in [0.15, 0.2) is 59.7 Å². The summed E-state index contributed by atoms with van der Waals surface area (Å²) in [4.78, 5) is 28.2. The number of benzene rings is 1. The van der Waals surface area contributed by atoms with Gasteiger partial charge in [0.1, 0.15) is 0 Å². The predicted molar refractivity (Wildman–Crippen MR) is 161 cm³/mol. The summed E-state index contributed by atoms with van der Waals surface area (Å²) in [6, 6.07) is 7.68. The average molecular weight is 523 g/mol. The number of allylic oxidation sites excluding steroid dienone is 4. The second-order valence-electron chi connectivity index (χ2n) is 9.71. The Kier molecular flexibility index (Phi) is 18.3. The molecule has 1 heterocycles. The Morgan fingerprint density at radius 3 is 2.26 bits per heavy atom. The minimum Gasteiger partial charge on any atom is -0.465 e. The lowest BCUT2D eigenvalue weighted by atomic mass is 10.0. The van der Waals surface area contributed by atoms with E-state index in [-0.39, 0.29) is 11.9 Å². The highest BCUT2D eigenvalue weighted by molar-refractivity contribution is 5.96. The molecular weight excluding hydrogens is 472 g/mol. The molecule has 38 heavy (non-hydrogen) atoms. The number of terminal acetylenes is 1. The van der Waals surface area contributed by atoms with Gasteiger partial charge in [-0.05, 0) is 70.2 Å². The second kappa shape index (κ2) is 19.9. The van der Waals surface area contributed by atoms with Crippen molar-refractivity contribution in [3.63, 3.8) is 0 Å². The number of likely N-dealkylation sites (N-methyl/N-ethyl adjacent to an activating group) is 1. The van der Waals surface area contributed by atoms with E-state index >= 15 is 0 Å². The molecule has 5 heteroatoms. The van der Waals surface area contributed by atoms with Crippen LogP contribution in [0.3, 0.4) is 0 Å². The zero-order chi connectivity index (χ0) is 29.1. The lowest BCUT2D eigenvalue weighted by molar-refractivity contribution is -0.128. The molecule has 1 saturated heterocycles. The number of carbonyl (C=O) groups is 2. The Hall–Kier alpha value is -3.10. The second-order valence-corrected chi connectivity index (χ2v) is 9.71. The van der Waals surface area contributed by atoms with E-state index in [1.807, 2.05) is 63.1 Å². The smallest absolute Gasteiger partial charge is 0.337 e. The van der Waals surface area contributed by atoms with Crippen molar-refractivity contribution in [2.24, 2.45) is 5.92 Å². The van der Waals surface area contributed by atoms with Gasteiger partial charge in [-0.2, -0.15) is 0 Å². The Morgan fingerprint density at radius 2 is 1.71 bits per heavy atom. The van der Waals surface area contributed by atoms with E-state index in [0.717, 1.165) is 49.4 Å². The predicted octanol–water partition coefficient (Wildman–Crippen LogP) is 6.85. The van der Waals surface area contributed by atoms with Gasteiger partial charge in [-0.15, -0.1) is 12.8 Å². The Bertz CT molecular complexity index is 948. The number of methoxy groups -OCH3 is 1. The number of nitrogens with zero attached hydrogens (tertiary/aromatic N) is 2. The van der Waals surface area contributed by atoms with Gasteiger partial charge < -0.3 is 14.5 Å². The number of carbonyl (C=O) groups excluding carboxylic acids is 2. The molecule has 1 amide bonds. The summed E-state index contributed by atoms with van der Waals surface area (Å²) in [7, 11) is 3.35. The molecule has 1 aromatic carbocycles. The van der Waals surface area contributed by atoms with E-state index in [4.69, 9.17) is 0 Å². The molecule has 0 saturated carbocycles. The summed E-state index contributed by atoms with van der Waals surface area (Å²) in [5.41, 5.74) is 3.73. The first-order valence-corrected chi connectivity index (χ1v) is 13.7. The van der Waals surface area contributed by atoms with E-state index in [1.165, 1.54) is 25.6 Å². The molecule has 210 valence electrons. The molecule has 0 atom stereocenters. The van der Waals surface area contributed by atoms with E-state index in [9.17, 15) is 9.59 Å². The molecule has 1 aliphatic carbocycles. The number of aryl methyl sites for hydroxylation is 1. The standard InChI is InChI=1S/C20H32N2O.C9H10O2.C2H6.C2H2/c1-16(2)10-13-22-14-11-19(12-15-22)21(4)20(23)18-7-5-6-17(3)8-9-18;1-7-4-3-5-8(6-7)9(10)11-2;2*1-2/h6-9,16,19H,5,10-15H2,1-4H3;3-6H,1-2H3;1-2H3;1-2H. The number of hydrogen-bond acceptors (Lipinski definition) is 4. The third kappa shape index (κ3) is 12.9. The minimum atomic E-state index is -0.284. The Morgan fingerprint density at radius 1 is 1.08 bits per heavy atom. The highest BCUT2D eigenvalue weighted by Crippen LogP contribution is 2.20. The van der Waals surface area contributed by atoms with Crippen LogP contribution in [-0.4, -0.2) is 61.5 Å². The SMILES string of the molecule is C#C.CC.CC1=CCC=C(C(=O)N(C)C2CCN(CCC(C)C)CC2)C=C1.COC(=O)c1cccc(C)c1. The molecule has 0 radical (unpaired) electrons. The third-order valence-corrected chi connectivity index (χ3v) is 6.44. The van der Waals surface area contributed by atoms with Crippen molar-refractivity contribution in [1.82, 2.24) is 9.80 Å². The molecule has 1 aliphatic heterocycles. The first kappa shape index (κ1) is 34.9. The maximum Gasteiger partial charge on any atom is 0.337 e. The fourth-order valence-electron chi connectivity index (χ4n) is 4.12. The van der Waals surface area contributed by atoms with Crippen molar-refractivity contribution in [2.75, 3.05) is 33.8 Å². The van der Waals surface area contributed by atoms with Gasteiger partial charge in [-0.25, -0.2) is 4.79 Å². The molecule has 0 aromatic heterocycles. The van der Waals surface area contributed by atoms with Gasteiger partial charge in [-0.1, -0.05) is 69.2 Å². The lowest BCUT2D eigenvalue weighted by Gasteiger charge is -2.37. The summed E-state index contributed by atoms with van der Waals surface area (Å²) in [5.74, 6) is 0.654. The molecule has 1 aromatic rings. The minimum absolute atomic E-state index is 0.171. The largest absolute Gasteiger partial charge is 0.465 e. The lowest BCUT2D eigenvalue weighted by Crippen LogP contribution is -2.46. The average Bonchev–Trinajstić information content (AvgIpc) is 3.17. The number of esters is 1. The monoisotopic (exact) mass is 522 g/mol. The van der Waals surface area contributed by atoms with Crippen molar-refractivity contribution < 1.29 is 14.3 Å². The fourth-order valence-corrected chi connectivity index (χ4v) is 4.12. The Labute approximate surface area is 232 Å². The van der Waals surface area contributed by atoms with Crippen LogP contribution in [-0.2, 0) is 9.53 Å². The summed E-state index contributed by atoms with van der Waals surface area (Å²) in [6.45, 7) is 16.0. The van der Waals surface area contributed by atoms with Gasteiger partial charge in [0.25, 0.3) is 5.91 Å². The topological polar surface area (TPSA) is 49.9 Å².